The van der Waals surface area contributed by atoms with Crippen molar-refractivity contribution in [3.63, 3.8) is 0 Å². The third-order valence-electron chi connectivity index (χ3n) is 6.23. The monoisotopic (exact) mass is 531 g/mol. The lowest BCUT2D eigenvalue weighted by atomic mass is 10.0. The van der Waals surface area contributed by atoms with E-state index in [2.05, 4.69) is 9.97 Å². The van der Waals surface area contributed by atoms with Crippen LogP contribution in [0.5, 0.6) is 0 Å². The van der Waals surface area contributed by atoms with Crippen molar-refractivity contribution in [2.45, 2.75) is 90.3 Å². The van der Waals surface area contributed by atoms with Crippen LogP contribution in [-0.2, 0) is 40.1 Å². The Morgan fingerprint density at radius 2 is 1.34 bits per heavy atom. The van der Waals surface area contributed by atoms with Crippen LogP contribution in [0.2, 0.25) is 0 Å². The number of carbonyl (C=O) groups is 6. The van der Waals surface area contributed by atoms with Gasteiger partial charge in [-0.3, -0.25) is 24.0 Å². The molecular formula is C27H37N3O8. The number of nitrogens with zero attached hydrogens (tertiary/aromatic N) is 3. The zero-order valence-electron chi connectivity index (χ0n) is 22.0. The number of ether oxygens (including phenoxy) is 1. The number of anilines is 1. The molecule has 0 bridgehead atoms. The van der Waals surface area contributed by atoms with E-state index < -0.39 is 0 Å². The summed E-state index contributed by atoms with van der Waals surface area (Å²) in [6.07, 6.45) is 2.01. The number of ketones is 6. The lowest BCUT2D eigenvalue weighted by Gasteiger charge is -2.32. The van der Waals surface area contributed by atoms with Gasteiger partial charge < -0.3 is 19.5 Å². The fourth-order valence-corrected chi connectivity index (χ4v) is 3.94. The van der Waals surface area contributed by atoms with E-state index in [-0.39, 0.29) is 118 Å². The number of aliphatic hydroxyl groups excluding tert-OH is 1. The molecule has 2 heterocycles. The van der Waals surface area contributed by atoms with Crippen LogP contribution in [-0.4, -0.2) is 75.6 Å². The molecule has 1 aromatic heterocycles. The lowest BCUT2D eigenvalue weighted by Crippen LogP contribution is -2.44. The smallest absolute Gasteiger partial charge is 0.225 e. The Labute approximate surface area is 222 Å². The number of morpholine rings is 1. The number of carbonyl (C=O) groups excluding carboxylic acids is 6. The maximum Gasteiger partial charge on any atom is 0.225 e. The quantitative estimate of drug-likeness (QED) is 0.277. The van der Waals surface area contributed by atoms with Gasteiger partial charge in [-0.15, -0.1) is 0 Å². The van der Waals surface area contributed by atoms with Crippen LogP contribution in [0.3, 0.4) is 0 Å². The Morgan fingerprint density at radius 3 is 1.84 bits per heavy atom. The number of hydrogen-bond acceptors (Lipinski definition) is 11. The van der Waals surface area contributed by atoms with Crippen LogP contribution in [0.15, 0.2) is 12.3 Å². The van der Waals surface area contributed by atoms with Crippen molar-refractivity contribution in [2.75, 3.05) is 24.6 Å². The molecule has 0 aromatic carbocycles. The first-order valence-electron chi connectivity index (χ1n) is 13.0. The molecule has 0 amide bonds. The van der Waals surface area contributed by atoms with Gasteiger partial charge in [-0.05, 0) is 13.0 Å². The van der Waals surface area contributed by atoms with Crippen LogP contribution in [0, 0.1) is 0 Å². The Bertz CT molecular complexity index is 1010. The summed E-state index contributed by atoms with van der Waals surface area (Å²) in [4.78, 5) is 81.4. The molecule has 1 aliphatic rings. The van der Waals surface area contributed by atoms with Gasteiger partial charge in [-0.2, -0.15) is 0 Å². The van der Waals surface area contributed by atoms with E-state index >= 15 is 0 Å². The third kappa shape index (κ3) is 12.4. The van der Waals surface area contributed by atoms with Crippen molar-refractivity contribution >= 4 is 40.6 Å². The number of aliphatic hydroxyl groups is 1. The van der Waals surface area contributed by atoms with Gasteiger partial charge in [0.2, 0.25) is 5.95 Å². The van der Waals surface area contributed by atoms with E-state index in [4.69, 9.17) is 4.74 Å². The predicted octanol–water partition coefficient (Wildman–Crippen LogP) is 1.90. The first kappa shape index (κ1) is 31.0. The van der Waals surface area contributed by atoms with Gasteiger partial charge in [0, 0.05) is 89.9 Å². The average molecular weight is 532 g/mol. The van der Waals surface area contributed by atoms with E-state index in [1.165, 1.54) is 6.92 Å². The molecule has 38 heavy (non-hydrogen) atoms. The van der Waals surface area contributed by atoms with Crippen molar-refractivity contribution in [2.24, 2.45) is 0 Å². The average Bonchev–Trinajstić information content (AvgIpc) is 2.91. The van der Waals surface area contributed by atoms with E-state index in [1.54, 1.807) is 12.3 Å². The minimum absolute atomic E-state index is 0.0193. The Morgan fingerprint density at radius 1 is 0.842 bits per heavy atom. The zero-order chi connectivity index (χ0) is 27.9. The highest BCUT2D eigenvalue weighted by atomic mass is 16.5. The van der Waals surface area contributed by atoms with Gasteiger partial charge in [0.1, 0.15) is 34.7 Å². The summed E-state index contributed by atoms with van der Waals surface area (Å²) in [5.41, 5.74) is 0.506. The van der Waals surface area contributed by atoms with E-state index in [9.17, 15) is 33.9 Å². The maximum atomic E-state index is 12.4. The van der Waals surface area contributed by atoms with Crippen molar-refractivity contribution in [3.05, 3.63) is 18.0 Å². The summed E-state index contributed by atoms with van der Waals surface area (Å²) >= 11 is 0. The van der Waals surface area contributed by atoms with Crippen molar-refractivity contribution in [3.8, 4) is 0 Å². The second-order valence-corrected chi connectivity index (χ2v) is 9.54. The summed E-state index contributed by atoms with van der Waals surface area (Å²) in [6, 6.07) is 1.63. The van der Waals surface area contributed by atoms with Gasteiger partial charge in [0.15, 0.2) is 0 Å². The molecule has 1 aromatic rings. The number of rotatable bonds is 19. The minimum atomic E-state index is -0.351. The normalized spacial score (nSPS) is 15.2. The van der Waals surface area contributed by atoms with Crippen molar-refractivity contribution in [1.82, 2.24) is 9.97 Å². The summed E-state index contributed by atoms with van der Waals surface area (Å²) in [6.45, 7) is 2.62. The zero-order valence-corrected chi connectivity index (χ0v) is 22.0. The molecule has 1 aliphatic heterocycles. The summed E-state index contributed by atoms with van der Waals surface area (Å²) in [5.74, 6) is -0.436. The fourth-order valence-electron chi connectivity index (χ4n) is 3.94. The molecule has 1 saturated heterocycles. The summed E-state index contributed by atoms with van der Waals surface area (Å²) in [5, 5.41) is 9.26. The van der Waals surface area contributed by atoms with Gasteiger partial charge in [-0.1, -0.05) is 0 Å². The molecule has 0 radical (unpaired) electrons. The third-order valence-corrected chi connectivity index (χ3v) is 6.23. The molecule has 208 valence electrons. The van der Waals surface area contributed by atoms with E-state index in [0.717, 1.165) is 0 Å². The topological polar surface area (TPSA) is 161 Å². The second kappa shape index (κ2) is 16.6. The SMILES string of the molecule is CC(=O)CCC(=O)CCC(=O)CCC(=O)CCC(=O)CCC(=O)CC1CN(c2nccc(CO)n2)CCO1. The summed E-state index contributed by atoms with van der Waals surface area (Å²) < 4.78 is 5.68. The van der Waals surface area contributed by atoms with Gasteiger partial charge >= 0.3 is 0 Å². The highest BCUT2D eigenvalue weighted by molar-refractivity contribution is 5.92. The summed E-state index contributed by atoms with van der Waals surface area (Å²) in [7, 11) is 0. The molecule has 11 nitrogen and oxygen atoms in total. The number of hydrogen-bond donors (Lipinski definition) is 1. The lowest BCUT2D eigenvalue weighted by molar-refractivity contribution is -0.128. The number of Topliss-reactive ketones (excluding diaryl/α,β-unsaturated/α-hetero) is 6. The van der Waals surface area contributed by atoms with Crippen LogP contribution in [0.1, 0.15) is 83.2 Å². The number of aromatic nitrogens is 2. The first-order valence-corrected chi connectivity index (χ1v) is 13.0. The molecule has 1 fully saturated rings. The standard InChI is InChI=1S/C27H37N3O8/c1-19(32)2-3-21(33)4-5-22(34)6-7-23(35)8-9-24(36)10-11-25(37)16-26-17-30(14-15-38-26)27-28-13-12-20(18-31)29-27/h12-13,26,31H,2-11,14-18H2,1H3. The van der Waals surface area contributed by atoms with Crippen molar-refractivity contribution in [1.29, 1.82) is 0 Å². The van der Waals surface area contributed by atoms with Crippen LogP contribution >= 0.6 is 0 Å². The Kier molecular flexibility index (Phi) is 13.6. The Hall–Kier alpha value is -3.18. The fraction of sp³-hybridized carbons (Fsp3) is 0.630. The molecule has 1 unspecified atom stereocenters. The molecule has 11 heteroatoms. The largest absolute Gasteiger partial charge is 0.390 e. The van der Waals surface area contributed by atoms with Crippen molar-refractivity contribution < 1.29 is 38.6 Å². The van der Waals surface area contributed by atoms with E-state index in [1.807, 2.05) is 4.90 Å². The minimum Gasteiger partial charge on any atom is -0.390 e. The molecule has 2 rings (SSSR count). The Balaban J connectivity index is 1.60. The van der Waals surface area contributed by atoms with Crippen LogP contribution < -0.4 is 4.90 Å². The molecule has 1 atom stereocenters. The van der Waals surface area contributed by atoms with Gasteiger partial charge in [0.05, 0.1) is 25.0 Å². The van der Waals surface area contributed by atoms with Gasteiger partial charge in [-0.25, -0.2) is 9.97 Å². The predicted molar refractivity (Wildman–Crippen MR) is 136 cm³/mol. The van der Waals surface area contributed by atoms with E-state index in [0.29, 0.717) is 31.3 Å². The van der Waals surface area contributed by atoms with Crippen LogP contribution in [0.25, 0.3) is 0 Å². The molecule has 0 spiro atoms. The highest BCUT2D eigenvalue weighted by Gasteiger charge is 2.25. The molecule has 1 N–H and O–H groups in total. The molecule has 0 aliphatic carbocycles. The molecule has 0 saturated carbocycles. The van der Waals surface area contributed by atoms with Gasteiger partial charge in [0.25, 0.3) is 0 Å². The van der Waals surface area contributed by atoms with Crippen LogP contribution in [0.4, 0.5) is 5.95 Å². The first-order chi connectivity index (χ1) is 18.2. The molecular weight excluding hydrogens is 494 g/mol. The maximum absolute atomic E-state index is 12.4. The second-order valence-electron chi connectivity index (χ2n) is 9.54. The highest BCUT2D eigenvalue weighted by Crippen LogP contribution is 2.16.